The van der Waals surface area contributed by atoms with Crippen LogP contribution in [0, 0.1) is 17.8 Å². The van der Waals surface area contributed by atoms with Gasteiger partial charge in [0.25, 0.3) is 0 Å². The third-order valence-electron chi connectivity index (χ3n) is 6.86. The lowest BCUT2D eigenvalue weighted by molar-refractivity contribution is -0.143. The molecule has 2 heterocycles. The van der Waals surface area contributed by atoms with Crippen molar-refractivity contribution in [3.63, 3.8) is 0 Å². The fourth-order valence-corrected chi connectivity index (χ4v) is 5.22. The maximum absolute atomic E-state index is 11.0. The Morgan fingerprint density at radius 3 is 2.55 bits per heavy atom. The fourth-order valence-electron chi connectivity index (χ4n) is 5.22. The Balaban J connectivity index is 1.89. The maximum atomic E-state index is 11.0. The van der Waals surface area contributed by atoms with E-state index in [0.29, 0.717) is 11.8 Å². The molecule has 2 saturated heterocycles. The summed E-state index contributed by atoms with van der Waals surface area (Å²) in [6.07, 6.45) is 8.21. The number of hydrogen-bond acceptors (Lipinski definition) is 5. The summed E-state index contributed by atoms with van der Waals surface area (Å²) in [5.74, 6) is 0.0402. The zero-order valence-electron chi connectivity index (χ0n) is 20.2. The molecule has 2 rings (SSSR count). The number of ether oxygens (including phenoxy) is 3. The zero-order chi connectivity index (χ0) is 23.3. The molecule has 0 aromatic heterocycles. The van der Waals surface area contributed by atoms with Crippen molar-refractivity contribution in [1.82, 2.24) is 0 Å². The average molecular weight is 439 g/mol. The summed E-state index contributed by atoms with van der Waals surface area (Å²) in [6, 6.07) is 0. The highest BCUT2D eigenvalue weighted by Gasteiger charge is 2.56. The van der Waals surface area contributed by atoms with Crippen LogP contribution in [-0.4, -0.2) is 59.4 Å². The Hall–Kier alpha value is -1.21. The molecule has 0 aromatic carbocycles. The van der Waals surface area contributed by atoms with Crippen molar-refractivity contribution >= 4 is 5.97 Å². The molecule has 0 bridgehead atoms. The van der Waals surface area contributed by atoms with E-state index in [0.717, 1.165) is 24.8 Å². The van der Waals surface area contributed by atoms with Gasteiger partial charge < -0.3 is 24.4 Å². The summed E-state index contributed by atoms with van der Waals surface area (Å²) >= 11 is 0. The minimum Gasteiger partial charge on any atom is -0.481 e. The molecular weight excluding hydrogens is 396 g/mol. The molecular formula is C25H42O6. The minimum atomic E-state index is -0.803. The summed E-state index contributed by atoms with van der Waals surface area (Å²) < 4.78 is 17.6. The van der Waals surface area contributed by atoms with E-state index >= 15 is 0 Å². The van der Waals surface area contributed by atoms with Crippen LogP contribution in [0.4, 0.5) is 0 Å². The summed E-state index contributed by atoms with van der Waals surface area (Å²) in [5, 5.41) is 19.0. The molecule has 31 heavy (non-hydrogen) atoms. The van der Waals surface area contributed by atoms with Crippen molar-refractivity contribution in [2.45, 2.75) is 103 Å². The SMILES string of the molecule is COC(C(C)O)C(C)C1OC1(C)CC(C)C=CC=C(C)C1OC(CC(=O)O)CCC1C. The number of aliphatic hydroxyl groups is 1. The Labute approximate surface area is 187 Å². The first-order valence-corrected chi connectivity index (χ1v) is 11.6. The fraction of sp³-hybridized carbons (Fsp3) is 0.800. The highest BCUT2D eigenvalue weighted by Crippen LogP contribution is 2.47. The number of epoxide rings is 1. The van der Waals surface area contributed by atoms with Gasteiger partial charge in [0, 0.05) is 13.0 Å². The molecule has 178 valence electrons. The molecule has 9 unspecified atom stereocenters. The van der Waals surface area contributed by atoms with E-state index in [1.165, 1.54) is 0 Å². The van der Waals surface area contributed by atoms with Crippen LogP contribution < -0.4 is 0 Å². The normalized spacial score (nSPS) is 35.5. The zero-order valence-corrected chi connectivity index (χ0v) is 20.2. The first-order chi connectivity index (χ1) is 14.5. The molecule has 2 aliphatic heterocycles. The first kappa shape index (κ1) is 26.0. The lowest BCUT2D eigenvalue weighted by Gasteiger charge is -2.35. The molecule has 6 heteroatoms. The third-order valence-corrected chi connectivity index (χ3v) is 6.86. The van der Waals surface area contributed by atoms with Crippen molar-refractivity contribution in [2.24, 2.45) is 17.8 Å². The molecule has 0 aromatic rings. The summed E-state index contributed by atoms with van der Waals surface area (Å²) in [5.41, 5.74) is 0.935. The Bertz CT molecular complexity index is 656. The van der Waals surface area contributed by atoms with Crippen LogP contribution in [0.1, 0.15) is 67.2 Å². The molecule has 2 aliphatic rings. The van der Waals surface area contributed by atoms with Gasteiger partial charge in [-0.15, -0.1) is 0 Å². The number of aliphatic hydroxyl groups excluding tert-OH is 1. The van der Waals surface area contributed by atoms with Crippen molar-refractivity contribution in [3.8, 4) is 0 Å². The molecule has 0 amide bonds. The van der Waals surface area contributed by atoms with Crippen LogP contribution >= 0.6 is 0 Å². The van der Waals surface area contributed by atoms with Gasteiger partial charge >= 0.3 is 5.97 Å². The van der Waals surface area contributed by atoms with Crippen LogP contribution in [0.2, 0.25) is 0 Å². The van der Waals surface area contributed by atoms with E-state index in [2.05, 4.69) is 52.8 Å². The van der Waals surface area contributed by atoms with E-state index in [9.17, 15) is 9.90 Å². The lowest BCUT2D eigenvalue weighted by atomic mass is 9.85. The standard InChI is InChI=1S/C25H42O6/c1-15(14-25(6)24(31-25)18(4)23(29-7)19(5)26)9-8-10-16(2)22-17(3)11-12-20(30-22)13-21(27)28/h8-10,15,17-20,22-24,26H,11-14H2,1-7H3,(H,27,28). The number of carboxylic acids is 1. The molecule has 2 fully saturated rings. The van der Waals surface area contributed by atoms with Crippen molar-refractivity contribution in [3.05, 3.63) is 23.8 Å². The van der Waals surface area contributed by atoms with Gasteiger partial charge in [-0.3, -0.25) is 4.79 Å². The summed E-state index contributed by atoms with van der Waals surface area (Å²) in [6.45, 7) is 12.4. The number of carbonyl (C=O) groups is 1. The van der Waals surface area contributed by atoms with Gasteiger partial charge in [-0.1, -0.05) is 39.0 Å². The molecule has 0 spiro atoms. The van der Waals surface area contributed by atoms with Crippen molar-refractivity contribution in [2.75, 3.05) is 7.11 Å². The van der Waals surface area contributed by atoms with Gasteiger partial charge in [-0.05, 0) is 57.4 Å². The van der Waals surface area contributed by atoms with E-state index in [-0.39, 0.29) is 42.4 Å². The van der Waals surface area contributed by atoms with Gasteiger partial charge in [0.2, 0.25) is 0 Å². The predicted molar refractivity (Wildman–Crippen MR) is 121 cm³/mol. The third kappa shape index (κ3) is 7.14. The largest absolute Gasteiger partial charge is 0.481 e. The van der Waals surface area contributed by atoms with Crippen LogP contribution in [0.25, 0.3) is 0 Å². The second-order valence-corrected chi connectivity index (χ2v) is 9.96. The molecule has 2 N–H and O–H groups in total. The number of hydrogen-bond donors (Lipinski definition) is 2. The molecule has 0 saturated carbocycles. The van der Waals surface area contributed by atoms with E-state index in [1.54, 1.807) is 14.0 Å². The van der Waals surface area contributed by atoms with E-state index in [4.69, 9.17) is 19.3 Å². The van der Waals surface area contributed by atoms with Crippen molar-refractivity contribution < 1.29 is 29.2 Å². The monoisotopic (exact) mass is 438 g/mol. The topological polar surface area (TPSA) is 88.5 Å². The summed E-state index contributed by atoms with van der Waals surface area (Å²) in [4.78, 5) is 11.0. The highest BCUT2D eigenvalue weighted by atomic mass is 16.6. The van der Waals surface area contributed by atoms with E-state index < -0.39 is 12.1 Å². The lowest BCUT2D eigenvalue weighted by Crippen LogP contribution is -2.36. The number of aliphatic carboxylic acids is 1. The van der Waals surface area contributed by atoms with E-state index in [1.807, 2.05) is 0 Å². The average Bonchev–Trinajstić information content (AvgIpc) is 3.33. The number of rotatable bonds is 11. The Kier molecular flexibility index (Phi) is 9.31. The van der Waals surface area contributed by atoms with Gasteiger partial charge in [0.15, 0.2) is 0 Å². The predicted octanol–water partition coefficient (Wildman–Crippen LogP) is 4.36. The molecule has 9 atom stereocenters. The Morgan fingerprint density at radius 1 is 1.29 bits per heavy atom. The second-order valence-electron chi connectivity index (χ2n) is 9.96. The Morgan fingerprint density at radius 2 is 1.97 bits per heavy atom. The van der Waals surface area contributed by atoms with Crippen LogP contribution in [0.15, 0.2) is 23.8 Å². The molecule has 0 radical (unpaired) electrons. The smallest absolute Gasteiger partial charge is 0.305 e. The first-order valence-electron chi connectivity index (χ1n) is 11.6. The quantitative estimate of drug-likeness (QED) is 0.368. The van der Waals surface area contributed by atoms with Crippen molar-refractivity contribution in [1.29, 1.82) is 0 Å². The molecule has 6 nitrogen and oxygen atoms in total. The van der Waals surface area contributed by atoms with Gasteiger partial charge in [-0.2, -0.15) is 0 Å². The second kappa shape index (κ2) is 11.1. The highest BCUT2D eigenvalue weighted by molar-refractivity contribution is 5.67. The van der Waals surface area contributed by atoms with Crippen LogP contribution in [0.3, 0.4) is 0 Å². The van der Waals surface area contributed by atoms with Gasteiger partial charge in [0.05, 0.1) is 42.5 Å². The number of methoxy groups -OCH3 is 1. The summed E-state index contributed by atoms with van der Waals surface area (Å²) in [7, 11) is 1.63. The number of allylic oxidation sites excluding steroid dienone is 3. The van der Waals surface area contributed by atoms with Gasteiger partial charge in [-0.25, -0.2) is 0 Å². The number of carboxylic acid groups (broad SMARTS) is 1. The minimum absolute atomic E-state index is 0.0287. The van der Waals surface area contributed by atoms with Crippen LogP contribution in [-0.2, 0) is 19.0 Å². The van der Waals surface area contributed by atoms with Gasteiger partial charge in [0.1, 0.15) is 0 Å². The molecule has 0 aliphatic carbocycles. The maximum Gasteiger partial charge on any atom is 0.305 e. The van der Waals surface area contributed by atoms with Crippen LogP contribution in [0.5, 0.6) is 0 Å².